The lowest BCUT2D eigenvalue weighted by Gasteiger charge is -2.29. The number of hydrogen-bond acceptors (Lipinski definition) is 4. The molecule has 0 fully saturated rings. The molecule has 2 aromatic rings. The van der Waals surface area contributed by atoms with Crippen LogP contribution in [0.25, 0.3) is 0 Å². The molecule has 1 aromatic heterocycles. The highest BCUT2D eigenvalue weighted by atomic mass is 16.5. The van der Waals surface area contributed by atoms with E-state index in [1.807, 2.05) is 36.5 Å². The summed E-state index contributed by atoms with van der Waals surface area (Å²) in [4.78, 5) is 17.3. The van der Waals surface area contributed by atoms with Crippen LogP contribution in [-0.4, -0.2) is 33.6 Å². The van der Waals surface area contributed by atoms with E-state index in [4.69, 9.17) is 9.84 Å². The third-order valence-corrected chi connectivity index (χ3v) is 4.02. The van der Waals surface area contributed by atoms with Gasteiger partial charge < -0.3 is 9.84 Å². The number of aromatic nitrogens is 1. The van der Waals surface area contributed by atoms with Crippen LogP contribution in [0.2, 0.25) is 0 Å². The summed E-state index contributed by atoms with van der Waals surface area (Å²) in [6, 6.07) is 12.0. The van der Waals surface area contributed by atoms with Gasteiger partial charge in [0.2, 0.25) is 0 Å². The van der Waals surface area contributed by atoms with Gasteiger partial charge in [-0.1, -0.05) is 31.2 Å². The molecule has 24 heavy (non-hydrogen) atoms. The van der Waals surface area contributed by atoms with Crippen molar-refractivity contribution in [3.8, 4) is 5.75 Å². The van der Waals surface area contributed by atoms with E-state index in [0.717, 1.165) is 24.1 Å². The number of aliphatic carboxylic acids is 1. The molecule has 128 valence electrons. The fourth-order valence-corrected chi connectivity index (χ4v) is 2.49. The SMILES string of the molecule is CC[C@@H](C)N(Cc1cccnc1)Cc1ccccc1OCC(=O)O. The Balaban J connectivity index is 2.15. The number of benzene rings is 1. The van der Waals surface area contributed by atoms with E-state index in [2.05, 4.69) is 29.8 Å². The van der Waals surface area contributed by atoms with Gasteiger partial charge in [0.1, 0.15) is 5.75 Å². The molecule has 0 amide bonds. The van der Waals surface area contributed by atoms with Crippen LogP contribution >= 0.6 is 0 Å². The zero-order valence-corrected chi connectivity index (χ0v) is 14.2. The number of rotatable bonds is 9. The number of para-hydroxylation sites is 1. The molecule has 0 spiro atoms. The van der Waals surface area contributed by atoms with Crippen LogP contribution in [-0.2, 0) is 17.9 Å². The minimum Gasteiger partial charge on any atom is -0.482 e. The largest absolute Gasteiger partial charge is 0.482 e. The molecule has 0 unspecified atom stereocenters. The number of nitrogens with zero attached hydrogens (tertiary/aromatic N) is 2. The molecule has 1 aromatic carbocycles. The zero-order valence-electron chi connectivity index (χ0n) is 14.2. The molecule has 2 rings (SSSR count). The first-order chi connectivity index (χ1) is 11.6. The third-order valence-electron chi connectivity index (χ3n) is 4.02. The monoisotopic (exact) mass is 328 g/mol. The highest BCUT2D eigenvalue weighted by Crippen LogP contribution is 2.22. The van der Waals surface area contributed by atoms with Crippen molar-refractivity contribution >= 4 is 5.97 Å². The Morgan fingerprint density at radius 1 is 1.25 bits per heavy atom. The van der Waals surface area contributed by atoms with Crippen LogP contribution in [0, 0.1) is 0 Å². The summed E-state index contributed by atoms with van der Waals surface area (Å²) in [6.45, 7) is 5.50. The molecule has 5 heteroatoms. The zero-order chi connectivity index (χ0) is 17.4. The summed E-state index contributed by atoms with van der Waals surface area (Å²) in [5.74, 6) is -0.349. The summed E-state index contributed by atoms with van der Waals surface area (Å²) >= 11 is 0. The Hall–Kier alpha value is -2.40. The molecule has 5 nitrogen and oxygen atoms in total. The number of pyridine rings is 1. The maximum atomic E-state index is 10.8. The standard InChI is InChI=1S/C19H24N2O3/c1-3-15(2)21(12-16-7-6-10-20-11-16)13-17-8-4-5-9-18(17)24-14-19(22)23/h4-11,15H,3,12-14H2,1-2H3,(H,22,23)/t15-/m1/s1. The van der Waals surface area contributed by atoms with Crippen molar-refractivity contribution in [2.45, 2.75) is 39.4 Å². The van der Waals surface area contributed by atoms with E-state index in [1.165, 1.54) is 0 Å². The molecule has 0 saturated carbocycles. The quantitative estimate of drug-likeness (QED) is 0.765. The molecule has 0 radical (unpaired) electrons. The molecular formula is C19H24N2O3. The molecular weight excluding hydrogens is 304 g/mol. The van der Waals surface area contributed by atoms with Gasteiger partial charge in [0.25, 0.3) is 0 Å². The highest BCUT2D eigenvalue weighted by molar-refractivity contribution is 5.68. The molecule has 0 bridgehead atoms. The van der Waals surface area contributed by atoms with E-state index < -0.39 is 5.97 Å². The van der Waals surface area contributed by atoms with Gasteiger partial charge in [0.05, 0.1) is 0 Å². The Bertz CT molecular complexity index is 646. The molecule has 0 aliphatic heterocycles. The highest BCUT2D eigenvalue weighted by Gasteiger charge is 2.16. The van der Waals surface area contributed by atoms with E-state index in [9.17, 15) is 4.79 Å². The molecule has 1 atom stereocenters. The van der Waals surface area contributed by atoms with Gasteiger partial charge in [-0.25, -0.2) is 4.79 Å². The first kappa shape index (κ1) is 17.9. The Morgan fingerprint density at radius 2 is 2.04 bits per heavy atom. The van der Waals surface area contributed by atoms with Crippen LogP contribution in [0.15, 0.2) is 48.8 Å². The molecule has 0 aliphatic rings. The lowest BCUT2D eigenvalue weighted by Crippen LogP contribution is -2.32. The van der Waals surface area contributed by atoms with Crippen molar-refractivity contribution in [1.29, 1.82) is 0 Å². The first-order valence-corrected chi connectivity index (χ1v) is 8.15. The number of carboxylic acids is 1. The normalized spacial score (nSPS) is 12.1. The summed E-state index contributed by atoms with van der Waals surface area (Å²) in [5.41, 5.74) is 2.14. The fourth-order valence-electron chi connectivity index (χ4n) is 2.49. The third kappa shape index (κ3) is 5.35. The Kier molecular flexibility index (Phi) is 6.75. The lowest BCUT2D eigenvalue weighted by molar-refractivity contribution is -0.139. The predicted molar refractivity (Wildman–Crippen MR) is 92.8 cm³/mol. The number of hydrogen-bond donors (Lipinski definition) is 1. The second-order valence-electron chi connectivity index (χ2n) is 5.81. The molecule has 1 N–H and O–H groups in total. The van der Waals surface area contributed by atoms with Crippen molar-refractivity contribution in [2.75, 3.05) is 6.61 Å². The summed E-state index contributed by atoms with van der Waals surface area (Å²) in [7, 11) is 0. The summed E-state index contributed by atoms with van der Waals surface area (Å²) in [6.07, 6.45) is 4.67. The van der Waals surface area contributed by atoms with Crippen LogP contribution in [0.1, 0.15) is 31.4 Å². The topological polar surface area (TPSA) is 62.7 Å². The van der Waals surface area contributed by atoms with Crippen molar-refractivity contribution in [3.05, 3.63) is 59.9 Å². The maximum absolute atomic E-state index is 10.8. The smallest absolute Gasteiger partial charge is 0.341 e. The number of ether oxygens (including phenoxy) is 1. The van der Waals surface area contributed by atoms with E-state index in [-0.39, 0.29) is 6.61 Å². The second-order valence-corrected chi connectivity index (χ2v) is 5.81. The van der Waals surface area contributed by atoms with Crippen molar-refractivity contribution in [3.63, 3.8) is 0 Å². The maximum Gasteiger partial charge on any atom is 0.341 e. The van der Waals surface area contributed by atoms with Gasteiger partial charge in [-0.2, -0.15) is 0 Å². The van der Waals surface area contributed by atoms with Crippen LogP contribution in [0.5, 0.6) is 5.75 Å². The molecule has 0 saturated heterocycles. The van der Waals surface area contributed by atoms with Crippen molar-refractivity contribution in [1.82, 2.24) is 9.88 Å². The summed E-state index contributed by atoms with van der Waals surface area (Å²) < 4.78 is 5.42. The minimum absolute atomic E-state index is 0.330. The van der Waals surface area contributed by atoms with E-state index in [1.54, 1.807) is 6.20 Å². The summed E-state index contributed by atoms with van der Waals surface area (Å²) in [5, 5.41) is 8.83. The van der Waals surface area contributed by atoms with E-state index in [0.29, 0.717) is 18.3 Å². The van der Waals surface area contributed by atoms with Gasteiger partial charge >= 0.3 is 5.97 Å². The molecule has 1 heterocycles. The van der Waals surface area contributed by atoms with Crippen molar-refractivity contribution in [2.24, 2.45) is 0 Å². The fraction of sp³-hybridized carbons (Fsp3) is 0.368. The average molecular weight is 328 g/mol. The predicted octanol–water partition coefficient (Wildman–Crippen LogP) is 3.35. The average Bonchev–Trinajstić information content (AvgIpc) is 2.60. The molecule has 0 aliphatic carbocycles. The number of carbonyl (C=O) groups is 1. The number of carboxylic acid groups (broad SMARTS) is 1. The van der Waals surface area contributed by atoms with Gasteiger partial charge in [-0.3, -0.25) is 9.88 Å². The van der Waals surface area contributed by atoms with Gasteiger partial charge in [0.15, 0.2) is 6.61 Å². The van der Waals surface area contributed by atoms with Crippen molar-refractivity contribution < 1.29 is 14.6 Å². The Labute approximate surface area is 142 Å². The Morgan fingerprint density at radius 3 is 2.71 bits per heavy atom. The van der Waals surface area contributed by atoms with Gasteiger partial charge in [-0.05, 0) is 31.0 Å². The lowest BCUT2D eigenvalue weighted by atomic mass is 10.1. The van der Waals surface area contributed by atoms with Gasteiger partial charge in [0, 0.05) is 37.1 Å². The van der Waals surface area contributed by atoms with Crippen LogP contribution < -0.4 is 4.74 Å². The minimum atomic E-state index is -0.973. The van der Waals surface area contributed by atoms with Gasteiger partial charge in [-0.15, -0.1) is 0 Å². The van der Waals surface area contributed by atoms with Crippen LogP contribution in [0.3, 0.4) is 0 Å². The van der Waals surface area contributed by atoms with E-state index >= 15 is 0 Å². The second kappa shape index (κ2) is 9.03. The van der Waals surface area contributed by atoms with Crippen LogP contribution in [0.4, 0.5) is 0 Å². The first-order valence-electron chi connectivity index (χ1n) is 8.15.